The number of hydrogen-bond acceptors (Lipinski definition) is 4. The zero-order valence-electron chi connectivity index (χ0n) is 12.5. The van der Waals surface area contributed by atoms with Gasteiger partial charge in [0.1, 0.15) is 17.1 Å². The molecule has 0 radical (unpaired) electrons. The number of nitrogens with zero attached hydrogens (tertiary/aromatic N) is 1. The Morgan fingerprint density at radius 2 is 2.09 bits per heavy atom. The minimum Gasteiger partial charge on any atom is -0.457 e. The fourth-order valence-corrected chi connectivity index (χ4v) is 2.80. The molecular weight excluding hydrogens is 316 g/mol. The molecule has 1 amide bonds. The molecule has 0 fully saturated rings. The highest BCUT2D eigenvalue weighted by Gasteiger charge is 2.36. The Balaban J connectivity index is 2.06. The Kier molecular flexibility index (Phi) is 3.63. The van der Waals surface area contributed by atoms with E-state index in [9.17, 15) is 4.79 Å². The van der Waals surface area contributed by atoms with Gasteiger partial charge in [-0.15, -0.1) is 0 Å². The number of nitrogens with one attached hydrogen (secondary N) is 1. The summed E-state index contributed by atoms with van der Waals surface area (Å²) < 4.78 is 11.2. The van der Waals surface area contributed by atoms with Gasteiger partial charge in [-0.25, -0.2) is 4.79 Å². The van der Waals surface area contributed by atoms with Crippen molar-refractivity contribution in [3.05, 3.63) is 52.5 Å². The van der Waals surface area contributed by atoms with Gasteiger partial charge in [-0.3, -0.25) is 5.32 Å². The molecule has 0 atom stereocenters. The zero-order valence-corrected chi connectivity index (χ0v) is 13.3. The van der Waals surface area contributed by atoms with E-state index in [1.54, 1.807) is 50.2 Å². The summed E-state index contributed by atoms with van der Waals surface area (Å²) in [5, 5.41) is 12.1. The summed E-state index contributed by atoms with van der Waals surface area (Å²) in [6.07, 6.45) is -0.505. The summed E-state index contributed by atoms with van der Waals surface area (Å²) in [5.74, 6) is 0.966. The molecule has 1 aliphatic rings. The van der Waals surface area contributed by atoms with Gasteiger partial charge in [0.25, 0.3) is 0 Å². The van der Waals surface area contributed by atoms with E-state index < -0.39 is 11.7 Å². The van der Waals surface area contributed by atoms with Crippen molar-refractivity contribution in [1.82, 2.24) is 0 Å². The molecule has 0 spiro atoms. The summed E-state index contributed by atoms with van der Waals surface area (Å²) in [7, 11) is 0. The molecule has 1 aliphatic heterocycles. The summed E-state index contributed by atoms with van der Waals surface area (Å²) in [4.78, 5) is 11.6. The average molecular weight is 329 g/mol. The maximum absolute atomic E-state index is 11.6. The average Bonchev–Trinajstić information content (AvgIpc) is 2.45. The van der Waals surface area contributed by atoms with E-state index in [0.29, 0.717) is 27.8 Å². The predicted molar refractivity (Wildman–Crippen MR) is 85.8 cm³/mol. The van der Waals surface area contributed by atoms with Gasteiger partial charge in [0.2, 0.25) is 0 Å². The Labute approximate surface area is 138 Å². The van der Waals surface area contributed by atoms with Gasteiger partial charge in [-0.05, 0) is 44.2 Å². The number of benzene rings is 2. The smallest absolute Gasteiger partial charge is 0.412 e. The molecule has 6 heteroatoms. The summed E-state index contributed by atoms with van der Waals surface area (Å²) in [6.45, 7) is 3.58. The maximum atomic E-state index is 11.6. The predicted octanol–water partition coefficient (Wildman–Crippen LogP) is 4.80. The number of cyclic esters (lactones) is 1. The first-order valence-electron chi connectivity index (χ1n) is 6.91. The van der Waals surface area contributed by atoms with Crippen molar-refractivity contribution in [1.29, 1.82) is 5.26 Å². The first kappa shape index (κ1) is 15.2. The van der Waals surface area contributed by atoms with Crippen LogP contribution in [0.25, 0.3) is 0 Å². The quantitative estimate of drug-likeness (QED) is 0.859. The Bertz CT molecular complexity index is 840. The molecular formula is C17H13ClN2O3. The van der Waals surface area contributed by atoms with Crippen LogP contribution in [0.5, 0.6) is 11.5 Å². The summed E-state index contributed by atoms with van der Waals surface area (Å²) >= 11 is 6.00. The Morgan fingerprint density at radius 3 is 2.83 bits per heavy atom. The Hall–Kier alpha value is -2.71. The van der Waals surface area contributed by atoms with Gasteiger partial charge in [-0.2, -0.15) is 5.26 Å². The van der Waals surface area contributed by atoms with E-state index in [1.807, 2.05) is 6.07 Å². The van der Waals surface area contributed by atoms with Crippen LogP contribution in [-0.4, -0.2) is 6.09 Å². The molecule has 0 aliphatic carbocycles. The highest BCUT2D eigenvalue weighted by atomic mass is 35.5. The van der Waals surface area contributed by atoms with Gasteiger partial charge < -0.3 is 9.47 Å². The number of halogens is 1. The molecule has 1 N–H and O–H groups in total. The third-order valence-electron chi connectivity index (χ3n) is 3.44. The number of nitriles is 1. The highest BCUT2D eigenvalue weighted by Crippen LogP contribution is 2.43. The molecule has 0 unspecified atom stereocenters. The molecule has 3 rings (SSSR count). The second kappa shape index (κ2) is 5.49. The SMILES string of the molecule is CC1(C)OC(=O)Nc2cccc(Oc3cc(Cl)cc(C#N)c3)c21. The van der Waals surface area contributed by atoms with E-state index in [0.717, 1.165) is 5.56 Å². The van der Waals surface area contributed by atoms with Gasteiger partial charge in [0.15, 0.2) is 0 Å². The van der Waals surface area contributed by atoms with Gasteiger partial charge in [0, 0.05) is 5.02 Å². The van der Waals surface area contributed by atoms with Crippen molar-refractivity contribution in [2.24, 2.45) is 0 Å². The van der Waals surface area contributed by atoms with Crippen molar-refractivity contribution in [3.63, 3.8) is 0 Å². The number of fused-ring (bicyclic) bond motifs is 1. The molecule has 2 aromatic rings. The number of carbonyl (C=O) groups is 1. The molecule has 5 nitrogen and oxygen atoms in total. The molecule has 2 aromatic carbocycles. The van der Waals surface area contributed by atoms with E-state index in [2.05, 4.69) is 5.32 Å². The van der Waals surface area contributed by atoms with Crippen LogP contribution >= 0.6 is 11.6 Å². The van der Waals surface area contributed by atoms with Crippen LogP contribution in [0.1, 0.15) is 25.0 Å². The third kappa shape index (κ3) is 2.94. The first-order chi connectivity index (χ1) is 10.9. The van der Waals surface area contributed by atoms with Gasteiger partial charge >= 0.3 is 6.09 Å². The van der Waals surface area contributed by atoms with Crippen LogP contribution in [0.4, 0.5) is 10.5 Å². The number of rotatable bonds is 2. The van der Waals surface area contributed by atoms with Crippen molar-refractivity contribution < 1.29 is 14.3 Å². The Morgan fingerprint density at radius 1 is 1.30 bits per heavy atom. The van der Waals surface area contributed by atoms with E-state index in [-0.39, 0.29) is 0 Å². The standard InChI is InChI=1S/C17H13ClN2O3/c1-17(2)15-13(20-16(21)23-17)4-3-5-14(15)22-12-7-10(9-19)6-11(18)8-12/h3-8H,1-2H3,(H,20,21). The zero-order chi connectivity index (χ0) is 16.6. The monoisotopic (exact) mass is 328 g/mol. The molecule has 23 heavy (non-hydrogen) atoms. The van der Waals surface area contributed by atoms with Crippen LogP contribution in [0.15, 0.2) is 36.4 Å². The van der Waals surface area contributed by atoms with E-state index >= 15 is 0 Å². The maximum Gasteiger partial charge on any atom is 0.412 e. The van der Waals surface area contributed by atoms with Crippen LogP contribution in [0.3, 0.4) is 0 Å². The topological polar surface area (TPSA) is 71.3 Å². The number of anilines is 1. The number of ether oxygens (including phenoxy) is 2. The fraction of sp³-hybridized carbons (Fsp3) is 0.176. The molecule has 0 aromatic heterocycles. The second-order valence-electron chi connectivity index (χ2n) is 5.59. The van der Waals surface area contributed by atoms with Crippen molar-refractivity contribution in [2.75, 3.05) is 5.32 Å². The molecule has 0 saturated heterocycles. The molecule has 116 valence electrons. The van der Waals surface area contributed by atoms with Crippen LogP contribution in [0, 0.1) is 11.3 Å². The van der Waals surface area contributed by atoms with Gasteiger partial charge in [0.05, 0.1) is 22.9 Å². The lowest BCUT2D eigenvalue weighted by atomic mass is 9.94. The highest BCUT2D eigenvalue weighted by molar-refractivity contribution is 6.30. The van der Waals surface area contributed by atoms with Crippen molar-refractivity contribution in [2.45, 2.75) is 19.4 Å². The van der Waals surface area contributed by atoms with Gasteiger partial charge in [-0.1, -0.05) is 17.7 Å². The molecule has 0 bridgehead atoms. The van der Waals surface area contributed by atoms with Crippen LogP contribution < -0.4 is 10.1 Å². The minimum absolute atomic E-state index is 0.404. The first-order valence-corrected chi connectivity index (χ1v) is 7.29. The summed E-state index contributed by atoms with van der Waals surface area (Å²) in [6, 6.07) is 12.1. The number of amides is 1. The normalized spacial score (nSPS) is 15.0. The van der Waals surface area contributed by atoms with E-state index in [4.69, 9.17) is 26.3 Å². The summed E-state index contributed by atoms with van der Waals surface area (Å²) in [5.41, 5.74) is 0.913. The van der Waals surface area contributed by atoms with Crippen LogP contribution in [0.2, 0.25) is 5.02 Å². The number of hydrogen-bond donors (Lipinski definition) is 1. The lowest BCUT2D eigenvalue weighted by Gasteiger charge is -2.33. The lowest BCUT2D eigenvalue weighted by Crippen LogP contribution is -2.35. The largest absolute Gasteiger partial charge is 0.457 e. The molecule has 1 heterocycles. The minimum atomic E-state index is -0.842. The molecule has 0 saturated carbocycles. The second-order valence-corrected chi connectivity index (χ2v) is 6.03. The number of carbonyl (C=O) groups excluding carboxylic acids is 1. The van der Waals surface area contributed by atoms with Crippen molar-refractivity contribution >= 4 is 23.4 Å². The van der Waals surface area contributed by atoms with Crippen molar-refractivity contribution in [3.8, 4) is 17.6 Å². The third-order valence-corrected chi connectivity index (χ3v) is 3.66. The lowest BCUT2D eigenvalue weighted by molar-refractivity contribution is 0.0405. The fourth-order valence-electron chi connectivity index (χ4n) is 2.57. The van der Waals surface area contributed by atoms with E-state index in [1.165, 1.54) is 0 Å². The van der Waals surface area contributed by atoms with Crippen LogP contribution in [-0.2, 0) is 10.3 Å².